The minimum atomic E-state index is -0.968. The maximum Gasteiger partial charge on any atom is 0.159 e. The second-order valence-corrected chi connectivity index (χ2v) is 7.63. The number of nitrogens with two attached hydrogens (primary N) is 1. The summed E-state index contributed by atoms with van der Waals surface area (Å²) in [5.41, 5.74) is 6.35. The van der Waals surface area contributed by atoms with Crippen LogP contribution in [0, 0.1) is 0 Å². The molecule has 4 atom stereocenters. The molecule has 0 radical (unpaired) electrons. The number of hydrogen-bond donors (Lipinski definition) is 3. The molecule has 1 aromatic carbocycles. The summed E-state index contributed by atoms with van der Waals surface area (Å²) in [7, 11) is 0. The van der Waals surface area contributed by atoms with E-state index >= 15 is 0 Å². The van der Waals surface area contributed by atoms with Crippen LogP contribution in [-0.4, -0.2) is 61.8 Å². The van der Waals surface area contributed by atoms with Gasteiger partial charge in [-0.2, -0.15) is 0 Å². The van der Waals surface area contributed by atoms with Gasteiger partial charge in [-0.3, -0.25) is 0 Å². The lowest BCUT2D eigenvalue weighted by Gasteiger charge is -2.38. The number of amidine groups is 2. The first-order valence-corrected chi connectivity index (χ1v) is 9.70. The summed E-state index contributed by atoms with van der Waals surface area (Å²) in [6.07, 6.45) is 1.03. The molecule has 150 valence electrons. The van der Waals surface area contributed by atoms with E-state index in [2.05, 4.69) is 36.2 Å². The second-order valence-electron chi connectivity index (χ2n) is 6.34. The number of aliphatic imine (C=N–C) groups is 2. The number of aromatic nitrogens is 3. The molecule has 1 aliphatic rings. The Morgan fingerprint density at radius 3 is 2.93 bits per heavy atom. The van der Waals surface area contributed by atoms with Gasteiger partial charge >= 0.3 is 0 Å². The van der Waals surface area contributed by atoms with Crippen molar-refractivity contribution in [2.45, 2.75) is 37.7 Å². The van der Waals surface area contributed by atoms with Gasteiger partial charge < -0.3 is 20.7 Å². The van der Waals surface area contributed by atoms with Crippen molar-refractivity contribution in [3.63, 3.8) is 0 Å². The first-order chi connectivity index (χ1) is 13.4. The number of aliphatic hydroxyl groups is 2. The smallest absolute Gasteiger partial charge is 0.159 e. The van der Waals surface area contributed by atoms with Gasteiger partial charge in [0.2, 0.25) is 0 Å². The Bertz CT molecular complexity index is 872. The molecule has 0 bridgehead atoms. The Morgan fingerprint density at radius 1 is 1.50 bits per heavy atom. The zero-order valence-electron chi connectivity index (χ0n) is 15.0. The highest BCUT2D eigenvalue weighted by atomic mass is 79.9. The molecular formula is C17H20BrClN6O3. The van der Waals surface area contributed by atoms with Crippen LogP contribution in [0.1, 0.15) is 19.4 Å². The molecule has 2 aromatic rings. The average molecular weight is 472 g/mol. The lowest BCUT2D eigenvalue weighted by Crippen LogP contribution is -2.50. The maximum atomic E-state index is 10.6. The lowest BCUT2D eigenvalue weighted by atomic mass is 9.95. The SMILES string of the molecule is CC(N)=NC(=Nc1cc(Cl)ccc1Br)C1CC(n2ccnn2)C(O)C(CO)O1. The van der Waals surface area contributed by atoms with Crippen LogP contribution in [0.4, 0.5) is 5.69 Å². The van der Waals surface area contributed by atoms with Crippen LogP contribution in [0.25, 0.3) is 0 Å². The number of rotatable bonds is 4. The Kier molecular flexibility index (Phi) is 6.78. The van der Waals surface area contributed by atoms with Crippen LogP contribution in [0.5, 0.6) is 0 Å². The molecule has 11 heteroatoms. The van der Waals surface area contributed by atoms with E-state index in [1.165, 1.54) is 10.9 Å². The van der Waals surface area contributed by atoms with E-state index in [0.29, 0.717) is 28.8 Å². The van der Waals surface area contributed by atoms with Gasteiger partial charge in [0.05, 0.1) is 30.4 Å². The summed E-state index contributed by atoms with van der Waals surface area (Å²) < 4.78 is 8.14. The Hall–Kier alpha value is -1.85. The zero-order valence-corrected chi connectivity index (χ0v) is 17.3. The highest BCUT2D eigenvalue weighted by Crippen LogP contribution is 2.33. The van der Waals surface area contributed by atoms with E-state index in [1.54, 1.807) is 31.3 Å². The number of benzene rings is 1. The zero-order chi connectivity index (χ0) is 20.3. The fraction of sp³-hybridized carbons (Fsp3) is 0.412. The third kappa shape index (κ3) is 4.76. The molecule has 0 aliphatic carbocycles. The fourth-order valence-corrected chi connectivity index (χ4v) is 3.48. The van der Waals surface area contributed by atoms with E-state index in [0.717, 1.165) is 4.47 Å². The third-order valence-electron chi connectivity index (χ3n) is 4.25. The van der Waals surface area contributed by atoms with Gasteiger partial charge in [-0.1, -0.05) is 16.8 Å². The van der Waals surface area contributed by atoms with E-state index in [9.17, 15) is 10.2 Å². The first-order valence-electron chi connectivity index (χ1n) is 8.53. The highest BCUT2D eigenvalue weighted by Gasteiger charge is 2.41. The number of ether oxygens (including phenoxy) is 1. The molecule has 1 aromatic heterocycles. The molecule has 3 rings (SSSR count). The molecule has 1 saturated heterocycles. The standard InChI is InChI=1S/C17H20BrClN6O3/c1-9(20)22-17(23-12-6-10(19)2-3-11(12)18)14-7-13(25-5-4-21-24-25)16(27)15(8-26)28-14/h2-6,13-16,26-27H,7-8H2,1H3,(H2,20,22,23). The van der Waals surface area contributed by atoms with Crippen molar-refractivity contribution in [3.05, 3.63) is 40.1 Å². The Morgan fingerprint density at radius 2 is 2.29 bits per heavy atom. The summed E-state index contributed by atoms with van der Waals surface area (Å²) in [4.78, 5) is 8.90. The lowest BCUT2D eigenvalue weighted by molar-refractivity contribution is -0.137. The molecule has 2 heterocycles. The summed E-state index contributed by atoms with van der Waals surface area (Å²) in [6, 6.07) is 4.72. The van der Waals surface area contributed by atoms with Crippen molar-refractivity contribution in [1.29, 1.82) is 0 Å². The minimum Gasteiger partial charge on any atom is -0.394 e. The number of halogens is 2. The Labute approximate surface area is 175 Å². The molecule has 9 nitrogen and oxygen atoms in total. The average Bonchev–Trinajstić information content (AvgIpc) is 3.18. The number of nitrogens with zero attached hydrogens (tertiary/aromatic N) is 5. The van der Waals surface area contributed by atoms with Gasteiger partial charge in [-0.25, -0.2) is 14.7 Å². The van der Waals surface area contributed by atoms with E-state index in [1.807, 2.05) is 0 Å². The third-order valence-corrected chi connectivity index (χ3v) is 5.16. The van der Waals surface area contributed by atoms with Crippen LogP contribution in [0.3, 0.4) is 0 Å². The summed E-state index contributed by atoms with van der Waals surface area (Å²) in [5, 5.41) is 28.5. The van der Waals surface area contributed by atoms with E-state index in [4.69, 9.17) is 22.1 Å². The quantitative estimate of drug-likeness (QED) is 0.461. The normalized spacial score (nSPS) is 26.5. The molecular weight excluding hydrogens is 452 g/mol. The van der Waals surface area contributed by atoms with Gasteiger partial charge in [-0.15, -0.1) is 5.10 Å². The summed E-state index contributed by atoms with van der Waals surface area (Å²) in [5.74, 6) is 0.600. The van der Waals surface area contributed by atoms with Crippen molar-refractivity contribution >= 4 is 44.9 Å². The second kappa shape index (κ2) is 9.10. The van der Waals surface area contributed by atoms with E-state index < -0.39 is 24.4 Å². The monoisotopic (exact) mass is 470 g/mol. The molecule has 28 heavy (non-hydrogen) atoms. The number of hydrogen-bond acceptors (Lipinski definition) is 6. The fourth-order valence-electron chi connectivity index (χ4n) is 2.97. The van der Waals surface area contributed by atoms with Crippen molar-refractivity contribution in [1.82, 2.24) is 15.0 Å². The van der Waals surface area contributed by atoms with Crippen LogP contribution in [-0.2, 0) is 4.74 Å². The molecule has 1 fully saturated rings. The van der Waals surface area contributed by atoms with Crippen molar-refractivity contribution in [3.8, 4) is 0 Å². The topological polar surface area (TPSA) is 131 Å². The van der Waals surface area contributed by atoms with Crippen LogP contribution in [0.15, 0.2) is 45.1 Å². The largest absolute Gasteiger partial charge is 0.394 e. The van der Waals surface area contributed by atoms with Crippen LogP contribution in [0.2, 0.25) is 5.02 Å². The van der Waals surface area contributed by atoms with Gasteiger partial charge in [0, 0.05) is 22.1 Å². The molecule has 0 saturated carbocycles. The van der Waals surface area contributed by atoms with Crippen molar-refractivity contribution in [2.24, 2.45) is 15.7 Å². The van der Waals surface area contributed by atoms with Gasteiger partial charge in [0.15, 0.2) is 5.84 Å². The molecule has 0 spiro atoms. The van der Waals surface area contributed by atoms with Gasteiger partial charge in [-0.05, 0) is 41.1 Å². The molecule has 0 amide bonds. The van der Waals surface area contributed by atoms with Crippen molar-refractivity contribution in [2.75, 3.05) is 6.61 Å². The van der Waals surface area contributed by atoms with Crippen LogP contribution < -0.4 is 5.73 Å². The minimum absolute atomic E-state index is 0.296. The van der Waals surface area contributed by atoms with Crippen LogP contribution >= 0.6 is 27.5 Å². The van der Waals surface area contributed by atoms with Gasteiger partial charge in [0.1, 0.15) is 18.3 Å². The number of aliphatic hydroxyl groups excluding tert-OH is 2. The summed E-state index contributed by atoms with van der Waals surface area (Å²) in [6.45, 7) is 1.26. The molecule has 4 unspecified atom stereocenters. The predicted molar refractivity (Wildman–Crippen MR) is 109 cm³/mol. The maximum absolute atomic E-state index is 10.6. The predicted octanol–water partition coefficient (Wildman–Crippen LogP) is 1.85. The first kappa shape index (κ1) is 20.9. The summed E-state index contributed by atoms with van der Waals surface area (Å²) >= 11 is 9.52. The van der Waals surface area contributed by atoms with Gasteiger partial charge in [0.25, 0.3) is 0 Å². The molecule has 4 N–H and O–H groups in total. The Balaban J connectivity index is 2.00. The highest BCUT2D eigenvalue weighted by molar-refractivity contribution is 9.10. The van der Waals surface area contributed by atoms with E-state index in [-0.39, 0.29) is 6.61 Å². The van der Waals surface area contributed by atoms with Crippen molar-refractivity contribution < 1.29 is 14.9 Å². The molecule has 1 aliphatic heterocycles.